The molecule has 0 aliphatic carbocycles. The summed E-state index contributed by atoms with van der Waals surface area (Å²) in [5, 5.41) is 12.6. The Morgan fingerprint density at radius 3 is 2.05 bits per heavy atom. The number of fused-ring (bicyclic) bond motifs is 4. The van der Waals surface area contributed by atoms with Gasteiger partial charge in [-0.2, -0.15) is 0 Å². The van der Waals surface area contributed by atoms with E-state index in [4.69, 9.17) is 14.2 Å². The molecule has 2 aliphatic rings. The number of amides is 1. The number of ether oxygens (including phenoxy) is 3. The zero-order valence-electron chi connectivity index (χ0n) is 20.8. The van der Waals surface area contributed by atoms with Gasteiger partial charge in [-0.3, -0.25) is 0 Å². The predicted molar refractivity (Wildman–Crippen MR) is 143 cm³/mol. The molecule has 2 heterocycles. The number of aliphatic carboxylic acids is 1. The normalized spacial score (nSPS) is 13.4. The number of carboxylic acid groups (broad SMARTS) is 1. The van der Waals surface area contributed by atoms with E-state index in [-0.39, 0.29) is 13.4 Å². The number of benzene rings is 4. The van der Waals surface area contributed by atoms with Gasteiger partial charge in [0.15, 0.2) is 0 Å². The molecule has 7 heteroatoms. The standard InChI is InChI=1S/C31H27NO6/c1-20(28(30(33)34)32-31(35)36-18-21-11-5-2-6-12-21)24-17-25-26(22-13-7-3-8-14-22)27(29(24)38-19-37-25)23-15-9-4-10-16-23/h2-17,20,28H,18-19H2,1H3,(H,32,35)(H,33,34)/t20?,28-/m0/s1. The van der Waals surface area contributed by atoms with Gasteiger partial charge in [0.05, 0.1) is 0 Å². The van der Waals surface area contributed by atoms with Crippen LogP contribution in [0.15, 0.2) is 97.1 Å². The quantitative estimate of drug-likeness (QED) is 0.292. The van der Waals surface area contributed by atoms with Crippen LogP contribution in [0.4, 0.5) is 4.79 Å². The molecule has 1 unspecified atom stereocenters. The third kappa shape index (κ3) is 5.18. The fraction of sp³-hybridized carbons (Fsp3) is 0.161. The highest BCUT2D eigenvalue weighted by Gasteiger charge is 2.34. The van der Waals surface area contributed by atoms with E-state index in [0.29, 0.717) is 17.1 Å². The van der Waals surface area contributed by atoms with Crippen LogP contribution in [0.2, 0.25) is 0 Å². The van der Waals surface area contributed by atoms with E-state index in [1.807, 2.05) is 97.1 Å². The van der Waals surface area contributed by atoms with Crippen LogP contribution in [0.3, 0.4) is 0 Å². The number of rotatable bonds is 8. The van der Waals surface area contributed by atoms with Gasteiger partial charge in [-0.1, -0.05) is 97.9 Å². The lowest BCUT2D eigenvalue weighted by Gasteiger charge is -2.25. The number of carbonyl (C=O) groups excluding carboxylic acids is 1. The minimum atomic E-state index is -1.27. The predicted octanol–water partition coefficient (Wildman–Crippen LogP) is 6.23. The molecule has 6 rings (SSSR count). The van der Waals surface area contributed by atoms with E-state index in [2.05, 4.69) is 5.32 Å². The Labute approximate surface area is 220 Å². The van der Waals surface area contributed by atoms with Crippen molar-refractivity contribution in [1.29, 1.82) is 0 Å². The Balaban J connectivity index is 1.52. The summed E-state index contributed by atoms with van der Waals surface area (Å²) < 4.78 is 17.4. The average molecular weight is 510 g/mol. The summed E-state index contributed by atoms with van der Waals surface area (Å²) in [6.45, 7) is 1.75. The van der Waals surface area contributed by atoms with Crippen molar-refractivity contribution in [1.82, 2.24) is 5.32 Å². The van der Waals surface area contributed by atoms with Gasteiger partial charge in [0.1, 0.15) is 24.1 Å². The van der Waals surface area contributed by atoms with Crippen LogP contribution >= 0.6 is 0 Å². The summed E-state index contributed by atoms with van der Waals surface area (Å²) >= 11 is 0. The monoisotopic (exact) mass is 509 g/mol. The van der Waals surface area contributed by atoms with Gasteiger partial charge in [-0.25, -0.2) is 9.59 Å². The van der Waals surface area contributed by atoms with Gasteiger partial charge in [-0.15, -0.1) is 0 Å². The first-order chi connectivity index (χ1) is 18.5. The zero-order valence-corrected chi connectivity index (χ0v) is 20.8. The molecule has 0 fully saturated rings. The van der Waals surface area contributed by atoms with Crippen LogP contribution in [0, 0.1) is 0 Å². The van der Waals surface area contributed by atoms with E-state index in [0.717, 1.165) is 27.8 Å². The second-order valence-corrected chi connectivity index (χ2v) is 8.99. The van der Waals surface area contributed by atoms with Crippen LogP contribution < -0.4 is 14.8 Å². The molecule has 0 radical (unpaired) electrons. The van der Waals surface area contributed by atoms with E-state index >= 15 is 0 Å². The third-order valence-corrected chi connectivity index (χ3v) is 6.56. The van der Waals surface area contributed by atoms with E-state index in [9.17, 15) is 14.7 Å². The Kier molecular flexibility index (Phi) is 7.26. The molecule has 0 saturated heterocycles. The second-order valence-electron chi connectivity index (χ2n) is 8.99. The van der Waals surface area contributed by atoms with Crippen molar-refractivity contribution in [2.24, 2.45) is 0 Å². The fourth-order valence-electron chi connectivity index (χ4n) is 4.66. The minimum absolute atomic E-state index is 0.0195. The van der Waals surface area contributed by atoms with Crippen LogP contribution in [0.5, 0.6) is 11.5 Å². The summed E-state index contributed by atoms with van der Waals surface area (Å²) in [5.41, 5.74) is 4.95. The van der Waals surface area contributed by atoms with Crippen molar-refractivity contribution < 1.29 is 28.9 Å². The Hall–Kier alpha value is -4.78. The highest BCUT2D eigenvalue weighted by molar-refractivity contribution is 5.93. The maximum absolute atomic E-state index is 12.6. The summed E-state index contributed by atoms with van der Waals surface area (Å²) in [4.78, 5) is 24.9. The van der Waals surface area contributed by atoms with Crippen molar-refractivity contribution >= 4 is 12.1 Å². The molecule has 0 aromatic heterocycles. The summed E-state index contributed by atoms with van der Waals surface area (Å²) in [6.07, 6.45) is -0.814. The number of carboxylic acids is 1. The van der Waals surface area contributed by atoms with Crippen molar-refractivity contribution in [3.8, 4) is 33.8 Å². The molecule has 7 nitrogen and oxygen atoms in total. The first-order valence-corrected chi connectivity index (χ1v) is 12.3. The lowest BCUT2D eigenvalue weighted by atomic mass is 9.85. The molecule has 0 spiro atoms. The van der Waals surface area contributed by atoms with Gasteiger partial charge in [0, 0.05) is 22.6 Å². The van der Waals surface area contributed by atoms with Gasteiger partial charge in [-0.05, 0) is 22.8 Å². The molecule has 1 amide bonds. The Bertz CT molecular complexity index is 1420. The van der Waals surface area contributed by atoms with Gasteiger partial charge in [0.25, 0.3) is 0 Å². The first-order valence-electron chi connectivity index (χ1n) is 12.3. The molecule has 2 atom stereocenters. The van der Waals surface area contributed by atoms with Gasteiger partial charge < -0.3 is 24.6 Å². The molecule has 38 heavy (non-hydrogen) atoms. The molecule has 2 N–H and O–H groups in total. The maximum Gasteiger partial charge on any atom is 0.408 e. The second kappa shape index (κ2) is 11.1. The number of hydrogen-bond acceptors (Lipinski definition) is 5. The van der Waals surface area contributed by atoms with E-state index < -0.39 is 24.0 Å². The molecule has 4 aromatic carbocycles. The van der Waals surface area contributed by atoms with Crippen molar-refractivity contribution in [3.63, 3.8) is 0 Å². The fourth-order valence-corrected chi connectivity index (χ4v) is 4.66. The van der Waals surface area contributed by atoms with Crippen molar-refractivity contribution in [2.75, 3.05) is 6.79 Å². The SMILES string of the molecule is CC(c1cc2c(-c3ccccc3)c(-c3ccccc3)c1OCO2)[C@H](NC(=O)OCc1ccccc1)C(=O)O. The largest absolute Gasteiger partial charge is 0.480 e. The zero-order chi connectivity index (χ0) is 26.5. The summed E-state index contributed by atoms with van der Waals surface area (Å²) in [6, 6.07) is 29.3. The minimum Gasteiger partial charge on any atom is -0.480 e. The van der Waals surface area contributed by atoms with Crippen molar-refractivity contribution in [2.45, 2.75) is 25.5 Å². The molecular formula is C31H27NO6. The third-order valence-electron chi connectivity index (χ3n) is 6.56. The number of carbonyl (C=O) groups is 2. The average Bonchev–Trinajstić information content (AvgIpc) is 3.28. The lowest BCUT2D eigenvalue weighted by Crippen LogP contribution is -2.44. The topological polar surface area (TPSA) is 94.1 Å². The molecule has 192 valence electrons. The van der Waals surface area contributed by atoms with Crippen LogP contribution in [-0.4, -0.2) is 30.0 Å². The molecule has 0 saturated carbocycles. The maximum atomic E-state index is 12.6. The van der Waals surface area contributed by atoms with Gasteiger partial charge >= 0.3 is 12.1 Å². The van der Waals surface area contributed by atoms with Crippen LogP contribution in [0.25, 0.3) is 22.3 Å². The summed E-state index contributed by atoms with van der Waals surface area (Å²) in [7, 11) is 0. The smallest absolute Gasteiger partial charge is 0.408 e. The molecule has 2 bridgehead atoms. The van der Waals surface area contributed by atoms with E-state index in [1.54, 1.807) is 6.92 Å². The van der Waals surface area contributed by atoms with Crippen LogP contribution in [-0.2, 0) is 16.1 Å². The Morgan fingerprint density at radius 1 is 0.868 bits per heavy atom. The number of alkyl carbamates (subject to hydrolysis) is 1. The molecule has 2 aliphatic heterocycles. The molecular weight excluding hydrogens is 482 g/mol. The highest BCUT2D eigenvalue weighted by atomic mass is 16.7. The van der Waals surface area contributed by atoms with Crippen LogP contribution in [0.1, 0.15) is 24.0 Å². The highest BCUT2D eigenvalue weighted by Crippen LogP contribution is 2.50. The number of nitrogens with one attached hydrogen (secondary N) is 1. The molecule has 4 aromatic rings. The summed E-state index contributed by atoms with van der Waals surface area (Å²) in [5.74, 6) is -0.752. The lowest BCUT2D eigenvalue weighted by molar-refractivity contribution is -0.139. The Morgan fingerprint density at radius 2 is 1.45 bits per heavy atom. The van der Waals surface area contributed by atoms with E-state index in [1.165, 1.54) is 0 Å². The van der Waals surface area contributed by atoms with Gasteiger partial charge in [0.2, 0.25) is 6.79 Å². The number of hydrogen-bond donors (Lipinski definition) is 2. The first kappa shape index (κ1) is 24.9. The van der Waals surface area contributed by atoms with Crippen molar-refractivity contribution in [3.05, 3.63) is 108 Å².